The second-order valence-corrected chi connectivity index (χ2v) is 5.66. The maximum atomic E-state index is 12.2. The zero-order valence-electron chi connectivity index (χ0n) is 13.0. The smallest absolute Gasteiger partial charge is 0.252 e. The molecule has 0 fully saturated rings. The molecule has 0 saturated carbocycles. The van der Waals surface area contributed by atoms with Crippen LogP contribution in [0, 0.1) is 12.3 Å². The summed E-state index contributed by atoms with van der Waals surface area (Å²) in [4.78, 5) is 32.7. The summed E-state index contributed by atoms with van der Waals surface area (Å²) in [5.41, 5.74) is 2.71. The number of amides is 2. The fourth-order valence-corrected chi connectivity index (χ4v) is 2.56. The fourth-order valence-electron chi connectivity index (χ4n) is 2.39. The predicted molar refractivity (Wildman–Crippen MR) is 96.3 cm³/mol. The third-order valence-corrected chi connectivity index (χ3v) is 3.73. The maximum absolute atomic E-state index is 12.2. The van der Waals surface area contributed by atoms with Gasteiger partial charge in [0.2, 0.25) is 5.91 Å². The van der Waals surface area contributed by atoms with Crippen molar-refractivity contribution < 1.29 is 9.59 Å². The Bertz CT molecular complexity index is 931. The molecule has 2 N–H and O–H groups in total. The quantitative estimate of drug-likeness (QED) is 0.657. The number of carbonyl (C=O) groups is 2. The summed E-state index contributed by atoms with van der Waals surface area (Å²) in [6.45, 7) is 0.132. The maximum Gasteiger partial charge on any atom is 0.252 e. The lowest BCUT2D eigenvalue weighted by atomic mass is 10.1. The molecule has 0 aliphatic carbocycles. The molecule has 124 valence electrons. The minimum Gasteiger partial charge on any atom is -0.341 e. The van der Waals surface area contributed by atoms with Crippen molar-refractivity contribution >= 4 is 40.5 Å². The van der Waals surface area contributed by atoms with Gasteiger partial charge in [-0.2, -0.15) is 0 Å². The first-order valence-corrected chi connectivity index (χ1v) is 7.79. The minimum absolute atomic E-state index is 0.0909. The van der Waals surface area contributed by atoms with Gasteiger partial charge in [0.05, 0.1) is 30.1 Å². The van der Waals surface area contributed by atoms with Crippen LogP contribution in [0.5, 0.6) is 0 Å². The van der Waals surface area contributed by atoms with Crippen molar-refractivity contribution in [2.75, 3.05) is 11.9 Å². The van der Waals surface area contributed by atoms with E-state index in [-0.39, 0.29) is 24.8 Å². The van der Waals surface area contributed by atoms with Gasteiger partial charge >= 0.3 is 0 Å². The first-order chi connectivity index (χ1) is 12.1. The highest BCUT2D eigenvalue weighted by Crippen LogP contribution is 2.30. The van der Waals surface area contributed by atoms with Crippen molar-refractivity contribution in [1.82, 2.24) is 10.3 Å². The number of terminal acetylenes is 1. The summed E-state index contributed by atoms with van der Waals surface area (Å²) in [5.74, 6) is 1.79. The zero-order valence-corrected chi connectivity index (χ0v) is 13.8. The zero-order chi connectivity index (χ0) is 17.8. The van der Waals surface area contributed by atoms with E-state index in [1.54, 1.807) is 36.5 Å². The lowest BCUT2D eigenvalue weighted by Crippen LogP contribution is -2.23. The van der Waals surface area contributed by atoms with Crippen LogP contribution in [-0.2, 0) is 4.79 Å². The molecule has 2 aromatic rings. The number of carbonyl (C=O) groups excluding carboxylic acids is 2. The highest BCUT2D eigenvalue weighted by molar-refractivity contribution is 6.30. The molecule has 0 atom stereocenters. The van der Waals surface area contributed by atoms with E-state index in [0.717, 1.165) is 5.56 Å². The van der Waals surface area contributed by atoms with Gasteiger partial charge in [0.25, 0.3) is 5.91 Å². The van der Waals surface area contributed by atoms with Crippen molar-refractivity contribution in [1.29, 1.82) is 0 Å². The Balaban J connectivity index is 1.98. The Hall–Kier alpha value is -3.17. The summed E-state index contributed by atoms with van der Waals surface area (Å²) in [7, 11) is 0. The standard InChI is InChI=1S/C18H13ClN4O2/c1-2-6-21-18(25)12-3-4-13-15(8-12)23-17(24)10-14(22-13)11-5-7-20-16(19)9-11/h1,3-5,7-9H,6,10H2,(H,21,25)(H,23,24). The number of nitrogens with one attached hydrogen (secondary N) is 2. The number of aliphatic imine (C=N–C) groups is 1. The van der Waals surface area contributed by atoms with E-state index in [1.807, 2.05) is 0 Å². The third kappa shape index (κ3) is 3.84. The summed E-state index contributed by atoms with van der Waals surface area (Å²) >= 11 is 5.91. The molecule has 0 bridgehead atoms. The average molecular weight is 353 g/mol. The number of benzene rings is 1. The Morgan fingerprint density at radius 2 is 2.20 bits per heavy atom. The van der Waals surface area contributed by atoms with E-state index in [2.05, 4.69) is 26.5 Å². The van der Waals surface area contributed by atoms with Crippen molar-refractivity contribution in [3.63, 3.8) is 0 Å². The van der Waals surface area contributed by atoms with Crippen LogP contribution in [0.25, 0.3) is 0 Å². The van der Waals surface area contributed by atoms with Crippen LogP contribution in [0.3, 0.4) is 0 Å². The molecule has 1 aliphatic heterocycles. The number of anilines is 1. The van der Waals surface area contributed by atoms with E-state index in [9.17, 15) is 9.59 Å². The lowest BCUT2D eigenvalue weighted by Gasteiger charge is -2.07. The molecule has 0 radical (unpaired) electrons. The van der Waals surface area contributed by atoms with Crippen LogP contribution in [0.4, 0.5) is 11.4 Å². The van der Waals surface area contributed by atoms with E-state index in [1.165, 1.54) is 0 Å². The van der Waals surface area contributed by atoms with Crippen LogP contribution < -0.4 is 10.6 Å². The molecule has 3 rings (SSSR count). The number of hydrogen-bond acceptors (Lipinski definition) is 4. The molecule has 0 unspecified atom stereocenters. The van der Waals surface area contributed by atoms with Crippen molar-refractivity contribution in [3.05, 3.63) is 52.8 Å². The van der Waals surface area contributed by atoms with Gasteiger partial charge in [-0.25, -0.2) is 4.98 Å². The molecule has 6 nitrogen and oxygen atoms in total. The molecule has 2 heterocycles. The Labute approximate surface area is 149 Å². The molecule has 1 aromatic carbocycles. The van der Waals surface area contributed by atoms with Crippen molar-refractivity contribution in [3.8, 4) is 12.3 Å². The lowest BCUT2D eigenvalue weighted by molar-refractivity contribution is -0.115. The summed E-state index contributed by atoms with van der Waals surface area (Å²) in [6.07, 6.45) is 6.78. The molecular formula is C18H13ClN4O2. The van der Waals surface area contributed by atoms with Crippen LogP contribution in [-0.4, -0.2) is 29.1 Å². The highest BCUT2D eigenvalue weighted by atomic mass is 35.5. The third-order valence-electron chi connectivity index (χ3n) is 3.53. The minimum atomic E-state index is -0.315. The largest absolute Gasteiger partial charge is 0.341 e. The van der Waals surface area contributed by atoms with Crippen molar-refractivity contribution in [2.45, 2.75) is 6.42 Å². The molecule has 0 saturated heterocycles. The predicted octanol–water partition coefficient (Wildman–Crippen LogP) is 2.56. The number of halogens is 1. The van der Waals surface area contributed by atoms with Gasteiger partial charge in [-0.05, 0) is 30.3 Å². The first-order valence-electron chi connectivity index (χ1n) is 7.42. The van der Waals surface area contributed by atoms with E-state index in [0.29, 0.717) is 27.8 Å². The van der Waals surface area contributed by atoms with Gasteiger partial charge in [0.15, 0.2) is 0 Å². The van der Waals surface area contributed by atoms with E-state index < -0.39 is 0 Å². The number of aromatic nitrogens is 1. The van der Waals surface area contributed by atoms with Gasteiger partial charge in [-0.1, -0.05) is 17.5 Å². The topological polar surface area (TPSA) is 83.5 Å². The number of pyridine rings is 1. The van der Waals surface area contributed by atoms with Gasteiger partial charge in [0.1, 0.15) is 5.15 Å². The second-order valence-electron chi connectivity index (χ2n) is 5.27. The molecular weight excluding hydrogens is 340 g/mol. The van der Waals surface area contributed by atoms with Crippen LogP contribution in [0.1, 0.15) is 22.3 Å². The number of nitrogens with zero attached hydrogens (tertiary/aromatic N) is 2. The van der Waals surface area contributed by atoms with E-state index in [4.69, 9.17) is 18.0 Å². The Morgan fingerprint density at radius 1 is 1.36 bits per heavy atom. The Kier molecular flexibility index (Phi) is 4.78. The first kappa shape index (κ1) is 16.7. The van der Waals surface area contributed by atoms with Crippen LogP contribution in [0.15, 0.2) is 41.5 Å². The molecule has 1 aromatic heterocycles. The molecule has 25 heavy (non-hydrogen) atoms. The van der Waals surface area contributed by atoms with Crippen LogP contribution >= 0.6 is 11.6 Å². The number of fused-ring (bicyclic) bond motifs is 1. The summed E-state index contributed by atoms with van der Waals surface area (Å²) in [5, 5.41) is 5.67. The average Bonchev–Trinajstić information content (AvgIpc) is 2.76. The van der Waals surface area contributed by atoms with Gasteiger partial charge < -0.3 is 10.6 Å². The normalized spacial score (nSPS) is 13.0. The monoisotopic (exact) mass is 352 g/mol. The summed E-state index contributed by atoms with van der Waals surface area (Å²) < 4.78 is 0. The number of rotatable bonds is 3. The van der Waals surface area contributed by atoms with Gasteiger partial charge in [0, 0.05) is 17.3 Å². The summed E-state index contributed by atoms with van der Waals surface area (Å²) in [6, 6.07) is 8.27. The van der Waals surface area contributed by atoms with Gasteiger partial charge in [-0.3, -0.25) is 14.6 Å². The molecule has 2 amide bonds. The second kappa shape index (κ2) is 7.16. The molecule has 7 heteroatoms. The van der Waals surface area contributed by atoms with Crippen LogP contribution in [0.2, 0.25) is 5.15 Å². The number of hydrogen-bond donors (Lipinski definition) is 2. The van der Waals surface area contributed by atoms with Gasteiger partial charge in [-0.15, -0.1) is 6.42 Å². The highest BCUT2D eigenvalue weighted by Gasteiger charge is 2.19. The molecule has 0 spiro atoms. The molecule has 1 aliphatic rings. The SMILES string of the molecule is C#CCNC(=O)c1ccc2c(c1)NC(=O)CC(c1ccnc(Cl)c1)=N2. The Morgan fingerprint density at radius 3 is 2.96 bits per heavy atom. The van der Waals surface area contributed by atoms with E-state index >= 15 is 0 Å². The fraction of sp³-hybridized carbons (Fsp3) is 0.111. The van der Waals surface area contributed by atoms with Crippen molar-refractivity contribution in [2.24, 2.45) is 4.99 Å².